The topological polar surface area (TPSA) is 62.7 Å². The summed E-state index contributed by atoms with van der Waals surface area (Å²) < 4.78 is 5.69. The van der Waals surface area contributed by atoms with E-state index in [9.17, 15) is 4.79 Å². The normalized spacial score (nSPS) is 14.0. The van der Waals surface area contributed by atoms with Crippen LogP contribution in [0.4, 0.5) is 5.82 Å². The largest absolute Gasteiger partial charge is 0.491 e. The Hall–Kier alpha value is -2.27. The quantitative estimate of drug-likeness (QED) is 0.924. The molecule has 0 bridgehead atoms. The molecule has 0 saturated carbocycles. The predicted octanol–water partition coefficient (Wildman–Crippen LogP) is 2.83. The minimum absolute atomic E-state index is 0.0557. The summed E-state index contributed by atoms with van der Waals surface area (Å²) in [5.74, 6) is 0.248. The lowest BCUT2D eigenvalue weighted by Crippen LogP contribution is -2.26. The van der Waals surface area contributed by atoms with Crippen LogP contribution in [-0.2, 0) is 6.54 Å². The molecule has 0 unspecified atom stereocenters. The Morgan fingerprint density at radius 2 is 2.14 bits per heavy atom. The van der Waals surface area contributed by atoms with Crippen molar-refractivity contribution in [2.75, 3.05) is 18.1 Å². The Morgan fingerprint density at radius 3 is 2.95 bits per heavy atom. The number of carboxylic acids is 1. The number of hydrogen-bond donors (Lipinski definition) is 1. The summed E-state index contributed by atoms with van der Waals surface area (Å²) in [7, 11) is 0. The first kappa shape index (κ1) is 13.7. The van der Waals surface area contributed by atoms with E-state index in [2.05, 4.69) is 4.98 Å². The third-order valence-corrected chi connectivity index (χ3v) is 3.73. The number of pyridine rings is 1. The van der Waals surface area contributed by atoms with Crippen molar-refractivity contribution in [3.8, 4) is 5.75 Å². The predicted molar refractivity (Wildman–Crippen MR) is 79.2 cm³/mol. The number of hydrogen-bond acceptors (Lipinski definition) is 4. The maximum Gasteiger partial charge on any atom is 0.337 e. The first-order valence-electron chi connectivity index (χ1n) is 6.50. The van der Waals surface area contributed by atoms with Crippen molar-refractivity contribution < 1.29 is 14.6 Å². The molecule has 5 nitrogen and oxygen atoms in total. The molecule has 108 valence electrons. The number of carbonyl (C=O) groups is 1. The van der Waals surface area contributed by atoms with Gasteiger partial charge in [0.05, 0.1) is 17.1 Å². The fraction of sp³-hybridized carbons (Fsp3) is 0.200. The lowest BCUT2D eigenvalue weighted by atomic mass is 10.2. The van der Waals surface area contributed by atoms with Crippen LogP contribution in [0.1, 0.15) is 15.9 Å². The molecule has 2 aromatic rings. The van der Waals surface area contributed by atoms with E-state index in [0.29, 0.717) is 25.5 Å². The SMILES string of the molecule is O=C(O)c1ccnc(N2CCOc3ccccc3C2)c1Cl. The van der Waals surface area contributed by atoms with Crippen molar-refractivity contribution in [2.24, 2.45) is 0 Å². The van der Waals surface area contributed by atoms with E-state index in [4.69, 9.17) is 21.4 Å². The number of fused-ring (bicyclic) bond motifs is 1. The summed E-state index contributed by atoms with van der Waals surface area (Å²) >= 11 is 6.19. The van der Waals surface area contributed by atoms with Crippen LogP contribution < -0.4 is 9.64 Å². The van der Waals surface area contributed by atoms with Crippen LogP contribution in [-0.4, -0.2) is 29.2 Å². The van der Waals surface area contributed by atoms with Gasteiger partial charge in [0.2, 0.25) is 0 Å². The zero-order valence-corrected chi connectivity index (χ0v) is 11.9. The van der Waals surface area contributed by atoms with Crippen molar-refractivity contribution >= 4 is 23.4 Å². The minimum Gasteiger partial charge on any atom is -0.491 e. The average Bonchev–Trinajstić information content (AvgIpc) is 2.69. The van der Waals surface area contributed by atoms with Crippen molar-refractivity contribution in [3.05, 3.63) is 52.7 Å². The van der Waals surface area contributed by atoms with Crippen molar-refractivity contribution in [1.82, 2.24) is 4.98 Å². The highest BCUT2D eigenvalue weighted by molar-refractivity contribution is 6.35. The van der Waals surface area contributed by atoms with Crippen LogP contribution in [0.2, 0.25) is 5.02 Å². The number of nitrogens with zero attached hydrogens (tertiary/aromatic N) is 2. The Morgan fingerprint density at radius 1 is 1.33 bits per heavy atom. The van der Waals surface area contributed by atoms with Gasteiger partial charge in [0.15, 0.2) is 0 Å². The lowest BCUT2D eigenvalue weighted by Gasteiger charge is -2.22. The number of benzene rings is 1. The fourth-order valence-corrected chi connectivity index (χ4v) is 2.64. The first-order chi connectivity index (χ1) is 10.2. The highest BCUT2D eigenvalue weighted by Gasteiger charge is 2.21. The van der Waals surface area contributed by atoms with Crippen LogP contribution in [0.3, 0.4) is 0 Å². The van der Waals surface area contributed by atoms with Gasteiger partial charge in [0.25, 0.3) is 0 Å². The van der Waals surface area contributed by atoms with E-state index >= 15 is 0 Å². The van der Waals surface area contributed by atoms with Crippen LogP contribution in [0.25, 0.3) is 0 Å². The zero-order valence-electron chi connectivity index (χ0n) is 11.1. The van der Waals surface area contributed by atoms with Crippen LogP contribution >= 0.6 is 11.6 Å². The second-order valence-electron chi connectivity index (χ2n) is 4.68. The van der Waals surface area contributed by atoms with Gasteiger partial charge in [-0.3, -0.25) is 0 Å². The number of rotatable bonds is 2. The molecule has 0 atom stereocenters. The van der Waals surface area contributed by atoms with E-state index in [0.717, 1.165) is 11.3 Å². The third kappa shape index (κ3) is 2.64. The molecule has 6 heteroatoms. The molecular formula is C15H13ClN2O3. The van der Waals surface area contributed by atoms with Crippen LogP contribution in [0.5, 0.6) is 5.75 Å². The Kier molecular flexibility index (Phi) is 3.66. The van der Waals surface area contributed by atoms with Gasteiger partial charge in [0.1, 0.15) is 18.2 Å². The number of ether oxygens (including phenoxy) is 1. The van der Waals surface area contributed by atoms with Gasteiger partial charge in [-0.2, -0.15) is 0 Å². The van der Waals surface area contributed by atoms with Gasteiger partial charge in [-0.15, -0.1) is 0 Å². The van der Waals surface area contributed by atoms with Gasteiger partial charge in [-0.05, 0) is 12.1 Å². The number of para-hydroxylation sites is 1. The second-order valence-corrected chi connectivity index (χ2v) is 5.06. The molecule has 1 N–H and O–H groups in total. The monoisotopic (exact) mass is 304 g/mol. The number of carboxylic acid groups (broad SMARTS) is 1. The van der Waals surface area contributed by atoms with Gasteiger partial charge in [-0.1, -0.05) is 29.8 Å². The van der Waals surface area contributed by atoms with Gasteiger partial charge in [0, 0.05) is 18.3 Å². The smallest absolute Gasteiger partial charge is 0.337 e. The molecule has 0 radical (unpaired) electrons. The Balaban J connectivity index is 1.98. The molecule has 2 heterocycles. The average molecular weight is 305 g/mol. The molecule has 3 rings (SSSR count). The Labute approximate surface area is 126 Å². The van der Waals surface area contributed by atoms with Crippen LogP contribution in [0.15, 0.2) is 36.5 Å². The first-order valence-corrected chi connectivity index (χ1v) is 6.88. The second kappa shape index (κ2) is 5.61. The van der Waals surface area contributed by atoms with E-state index in [1.54, 1.807) is 0 Å². The van der Waals surface area contributed by atoms with Crippen molar-refractivity contribution in [1.29, 1.82) is 0 Å². The van der Waals surface area contributed by atoms with Gasteiger partial charge < -0.3 is 14.7 Å². The summed E-state index contributed by atoms with van der Waals surface area (Å²) in [4.78, 5) is 17.3. The molecule has 1 aromatic carbocycles. The molecule has 1 aliphatic heterocycles. The summed E-state index contributed by atoms with van der Waals surface area (Å²) in [6, 6.07) is 9.15. The maximum absolute atomic E-state index is 11.2. The molecule has 0 aliphatic carbocycles. The molecule has 21 heavy (non-hydrogen) atoms. The van der Waals surface area contributed by atoms with Gasteiger partial charge in [-0.25, -0.2) is 9.78 Å². The fourth-order valence-electron chi connectivity index (χ4n) is 2.32. The zero-order chi connectivity index (χ0) is 14.8. The number of aromatic carboxylic acids is 1. The van der Waals surface area contributed by atoms with Crippen LogP contribution in [0, 0.1) is 0 Å². The van der Waals surface area contributed by atoms with Gasteiger partial charge >= 0.3 is 5.97 Å². The lowest BCUT2D eigenvalue weighted by molar-refractivity contribution is 0.0697. The summed E-state index contributed by atoms with van der Waals surface area (Å²) in [5, 5.41) is 9.30. The number of halogens is 1. The molecule has 0 saturated heterocycles. The Bertz CT molecular complexity index is 690. The number of aromatic nitrogens is 1. The van der Waals surface area contributed by atoms with E-state index in [-0.39, 0.29) is 10.6 Å². The highest BCUT2D eigenvalue weighted by Crippen LogP contribution is 2.31. The molecule has 1 aromatic heterocycles. The van der Waals surface area contributed by atoms with E-state index in [1.165, 1.54) is 12.3 Å². The molecule has 0 amide bonds. The summed E-state index contributed by atoms with van der Waals surface area (Å²) in [5.41, 5.74) is 1.08. The maximum atomic E-state index is 11.2. The summed E-state index contributed by atoms with van der Waals surface area (Å²) in [6.45, 7) is 1.66. The standard InChI is InChI=1S/C15H13ClN2O3/c16-13-11(15(19)20)5-6-17-14(13)18-7-8-21-12-4-2-1-3-10(12)9-18/h1-6H,7-9H2,(H,19,20). The molecular weight excluding hydrogens is 292 g/mol. The van der Waals surface area contributed by atoms with E-state index < -0.39 is 5.97 Å². The summed E-state index contributed by atoms with van der Waals surface area (Å²) in [6.07, 6.45) is 1.46. The van der Waals surface area contributed by atoms with E-state index in [1.807, 2.05) is 29.2 Å². The molecule has 0 spiro atoms. The molecule has 0 fully saturated rings. The number of anilines is 1. The van der Waals surface area contributed by atoms with Crippen molar-refractivity contribution in [2.45, 2.75) is 6.54 Å². The highest BCUT2D eigenvalue weighted by atomic mass is 35.5. The molecule has 1 aliphatic rings. The van der Waals surface area contributed by atoms with Crippen molar-refractivity contribution in [3.63, 3.8) is 0 Å². The minimum atomic E-state index is -1.06. The third-order valence-electron chi connectivity index (χ3n) is 3.35.